The summed E-state index contributed by atoms with van der Waals surface area (Å²) < 4.78 is 0. The van der Waals surface area contributed by atoms with E-state index >= 15 is 0 Å². The van der Waals surface area contributed by atoms with Gasteiger partial charge < -0.3 is 10.6 Å². The molecule has 0 bridgehead atoms. The number of nitrogens with two attached hydrogens (primary N) is 1. The zero-order valence-electron chi connectivity index (χ0n) is 11.8. The summed E-state index contributed by atoms with van der Waals surface area (Å²) >= 11 is 0. The molecular weight excluding hydrogens is 226 g/mol. The summed E-state index contributed by atoms with van der Waals surface area (Å²) in [5, 5.41) is 0. The predicted molar refractivity (Wildman–Crippen MR) is 73.2 cm³/mol. The summed E-state index contributed by atoms with van der Waals surface area (Å²) in [6.07, 6.45) is 3.24. The number of hydrogen-bond donors (Lipinski definition) is 1. The average Bonchev–Trinajstić information content (AvgIpc) is 3.17. The minimum absolute atomic E-state index is 0.167. The van der Waals surface area contributed by atoms with Gasteiger partial charge >= 0.3 is 0 Å². The Morgan fingerprint density at radius 3 is 2.28 bits per heavy atom. The monoisotopic (exact) mass is 253 g/mol. The number of carbonyl (C=O) groups excluding carboxylic acids is 1. The second-order valence-electron chi connectivity index (χ2n) is 6.30. The molecule has 4 nitrogen and oxygen atoms in total. The van der Waals surface area contributed by atoms with Gasteiger partial charge in [-0.3, -0.25) is 9.69 Å². The minimum Gasteiger partial charge on any atom is -0.340 e. The Bertz CT molecular complexity index is 291. The highest BCUT2D eigenvalue weighted by Gasteiger charge is 2.50. The van der Waals surface area contributed by atoms with Gasteiger partial charge in [-0.05, 0) is 31.7 Å². The van der Waals surface area contributed by atoms with E-state index in [1.165, 1.54) is 13.0 Å². The molecule has 1 saturated heterocycles. The Hall–Kier alpha value is -0.610. The SMILES string of the molecule is CC(C)CCN1CCN(C(=O)C2(CN)CC2)CC1. The van der Waals surface area contributed by atoms with Crippen LogP contribution >= 0.6 is 0 Å². The molecule has 0 radical (unpaired) electrons. The molecule has 0 atom stereocenters. The molecule has 2 aliphatic rings. The quantitative estimate of drug-likeness (QED) is 0.792. The summed E-state index contributed by atoms with van der Waals surface area (Å²) in [6.45, 7) is 10.0. The molecule has 1 heterocycles. The number of nitrogens with zero attached hydrogens (tertiary/aromatic N) is 2. The molecule has 1 aliphatic heterocycles. The number of rotatable bonds is 5. The van der Waals surface area contributed by atoms with Crippen LogP contribution in [0.5, 0.6) is 0 Å². The van der Waals surface area contributed by atoms with Crippen molar-refractivity contribution >= 4 is 5.91 Å². The smallest absolute Gasteiger partial charge is 0.230 e. The summed E-state index contributed by atoms with van der Waals surface area (Å²) in [5.74, 6) is 1.07. The van der Waals surface area contributed by atoms with E-state index < -0.39 is 0 Å². The van der Waals surface area contributed by atoms with Gasteiger partial charge in [-0.2, -0.15) is 0 Å². The van der Waals surface area contributed by atoms with E-state index in [1.807, 2.05) is 4.90 Å². The van der Waals surface area contributed by atoms with E-state index in [0.717, 1.165) is 44.9 Å². The summed E-state index contributed by atoms with van der Waals surface area (Å²) in [6, 6.07) is 0. The topological polar surface area (TPSA) is 49.6 Å². The standard InChI is InChI=1S/C14H27N3O/c1-12(2)3-6-16-7-9-17(10-8-16)13(18)14(11-15)4-5-14/h12H,3-11,15H2,1-2H3. The molecule has 104 valence electrons. The second-order valence-corrected chi connectivity index (χ2v) is 6.30. The maximum absolute atomic E-state index is 12.3. The van der Waals surface area contributed by atoms with Crippen molar-refractivity contribution in [2.24, 2.45) is 17.1 Å². The molecule has 0 spiro atoms. The van der Waals surface area contributed by atoms with E-state index in [4.69, 9.17) is 5.73 Å². The first-order chi connectivity index (χ1) is 8.57. The van der Waals surface area contributed by atoms with Crippen LogP contribution in [0.3, 0.4) is 0 Å². The number of carbonyl (C=O) groups is 1. The molecule has 1 saturated carbocycles. The van der Waals surface area contributed by atoms with Gasteiger partial charge in [-0.25, -0.2) is 0 Å². The predicted octanol–water partition coefficient (Wildman–Crippen LogP) is 0.916. The van der Waals surface area contributed by atoms with Gasteiger partial charge in [-0.1, -0.05) is 13.8 Å². The zero-order valence-corrected chi connectivity index (χ0v) is 11.8. The van der Waals surface area contributed by atoms with Gasteiger partial charge in [0.1, 0.15) is 0 Å². The molecule has 4 heteroatoms. The zero-order chi connectivity index (χ0) is 13.2. The van der Waals surface area contributed by atoms with Crippen molar-refractivity contribution in [1.82, 2.24) is 9.80 Å². The van der Waals surface area contributed by atoms with Gasteiger partial charge in [0.15, 0.2) is 0 Å². The van der Waals surface area contributed by atoms with E-state index in [-0.39, 0.29) is 5.41 Å². The van der Waals surface area contributed by atoms with E-state index in [2.05, 4.69) is 18.7 Å². The summed E-state index contributed by atoms with van der Waals surface area (Å²) in [5.41, 5.74) is 5.56. The van der Waals surface area contributed by atoms with Crippen molar-refractivity contribution in [3.63, 3.8) is 0 Å². The van der Waals surface area contributed by atoms with Gasteiger partial charge in [0.2, 0.25) is 5.91 Å². The molecule has 18 heavy (non-hydrogen) atoms. The Morgan fingerprint density at radius 2 is 1.83 bits per heavy atom. The fourth-order valence-electron chi connectivity index (χ4n) is 2.61. The molecular formula is C14H27N3O. The second kappa shape index (κ2) is 5.57. The Morgan fingerprint density at radius 1 is 1.22 bits per heavy atom. The van der Waals surface area contributed by atoms with Crippen molar-refractivity contribution in [3.8, 4) is 0 Å². The van der Waals surface area contributed by atoms with Crippen molar-refractivity contribution in [2.75, 3.05) is 39.3 Å². The van der Waals surface area contributed by atoms with Crippen LogP contribution in [0.1, 0.15) is 33.1 Å². The first kappa shape index (κ1) is 13.8. The van der Waals surface area contributed by atoms with Crippen LogP contribution in [0.4, 0.5) is 0 Å². The van der Waals surface area contributed by atoms with Crippen LogP contribution in [0.2, 0.25) is 0 Å². The lowest BCUT2D eigenvalue weighted by Crippen LogP contribution is -2.51. The lowest BCUT2D eigenvalue weighted by Gasteiger charge is -2.36. The van der Waals surface area contributed by atoms with Crippen LogP contribution in [0.25, 0.3) is 0 Å². The molecule has 2 rings (SSSR count). The third kappa shape index (κ3) is 3.04. The van der Waals surface area contributed by atoms with Gasteiger partial charge in [0.25, 0.3) is 0 Å². The van der Waals surface area contributed by atoms with E-state index in [1.54, 1.807) is 0 Å². The third-order valence-electron chi connectivity index (χ3n) is 4.38. The normalized spacial score (nSPS) is 23.4. The van der Waals surface area contributed by atoms with Crippen LogP contribution in [0.15, 0.2) is 0 Å². The summed E-state index contributed by atoms with van der Waals surface area (Å²) in [4.78, 5) is 16.8. The first-order valence-electron chi connectivity index (χ1n) is 7.29. The van der Waals surface area contributed by atoms with Crippen molar-refractivity contribution in [3.05, 3.63) is 0 Å². The van der Waals surface area contributed by atoms with Crippen LogP contribution in [-0.2, 0) is 4.79 Å². The van der Waals surface area contributed by atoms with Crippen LogP contribution in [-0.4, -0.2) is 55.0 Å². The van der Waals surface area contributed by atoms with Crippen LogP contribution < -0.4 is 5.73 Å². The molecule has 0 aromatic heterocycles. The maximum Gasteiger partial charge on any atom is 0.230 e. The molecule has 1 amide bonds. The number of piperazine rings is 1. The molecule has 2 fully saturated rings. The van der Waals surface area contributed by atoms with Crippen LogP contribution in [0, 0.1) is 11.3 Å². The van der Waals surface area contributed by atoms with E-state index in [0.29, 0.717) is 12.5 Å². The third-order valence-corrected chi connectivity index (χ3v) is 4.38. The lowest BCUT2D eigenvalue weighted by atomic mass is 10.1. The van der Waals surface area contributed by atoms with Gasteiger partial charge in [0, 0.05) is 32.7 Å². The minimum atomic E-state index is -0.167. The highest BCUT2D eigenvalue weighted by Crippen LogP contribution is 2.46. The van der Waals surface area contributed by atoms with Crippen molar-refractivity contribution in [2.45, 2.75) is 33.1 Å². The lowest BCUT2D eigenvalue weighted by molar-refractivity contribution is -0.138. The summed E-state index contributed by atoms with van der Waals surface area (Å²) in [7, 11) is 0. The van der Waals surface area contributed by atoms with Gasteiger partial charge in [0.05, 0.1) is 5.41 Å². The Labute approximate surface area is 110 Å². The fraction of sp³-hybridized carbons (Fsp3) is 0.929. The molecule has 0 unspecified atom stereocenters. The highest BCUT2D eigenvalue weighted by atomic mass is 16.2. The fourth-order valence-corrected chi connectivity index (χ4v) is 2.61. The van der Waals surface area contributed by atoms with E-state index in [9.17, 15) is 4.79 Å². The first-order valence-corrected chi connectivity index (χ1v) is 7.29. The van der Waals surface area contributed by atoms with Crippen molar-refractivity contribution in [1.29, 1.82) is 0 Å². The highest BCUT2D eigenvalue weighted by molar-refractivity contribution is 5.85. The van der Waals surface area contributed by atoms with Crippen molar-refractivity contribution < 1.29 is 4.79 Å². The molecule has 0 aromatic rings. The number of amides is 1. The maximum atomic E-state index is 12.3. The molecule has 2 N–H and O–H groups in total. The molecule has 0 aromatic carbocycles. The number of hydrogen-bond acceptors (Lipinski definition) is 3. The Kier molecular flexibility index (Phi) is 4.28. The Balaban J connectivity index is 1.75. The average molecular weight is 253 g/mol. The molecule has 1 aliphatic carbocycles. The largest absolute Gasteiger partial charge is 0.340 e. The van der Waals surface area contributed by atoms with Gasteiger partial charge in [-0.15, -0.1) is 0 Å².